The predicted octanol–water partition coefficient (Wildman–Crippen LogP) is 3.61. The van der Waals surface area contributed by atoms with Crippen LogP contribution in [0.5, 0.6) is 0 Å². The molecule has 1 N–H and O–H groups in total. The molecule has 1 atom stereocenters. The van der Waals surface area contributed by atoms with E-state index in [9.17, 15) is 9.36 Å². The summed E-state index contributed by atoms with van der Waals surface area (Å²) in [5.41, 5.74) is -0.358. The number of hydrogen-bond acceptors (Lipinski definition) is 3. The molecule has 17 heavy (non-hydrogen) atoms. The fourth-order valence-electron chi connectivity index (χ4n) is 2.50. The third-order valence-electron chi connectivity index (χ3n) is 3.08. The molecule has 0 aromatic rings. The van der Waals surface area contributed by atoms with E-state index in [1.54, 1.807) is 0 Å². The molecule has 4 nitrogen and oxygen atoms in total. The molecule has 0 amide bonds. The van der Waals surface area contributed by atoms with Gasteiger partial charge in [0.05, 0.1) is 0 Å². The summed E-state index contributed by atoms with van der Waals surface area (Å²) >= 11 is 0. The summed E-state index contributed by atoms with van der Waals surface area (Å²) in [4.78, 5) is 20.8. The summed E-state index contributed by atoms with van der Waals surface area (Å²) < 4.78 is 15.0. The number of ketones is 1. The first kappa shape index (κ1) is 16.7. The van der Waals surface area contributed by atoms with Gasteiger partial charge in [0, 0.05) is 9.98 Å². The molecule has 0 aromatic heterocycles. The summed E-state index contributed by atoms with van der Waals surface area (Å²) in [6.07, 6.45) is 5.32. The van der Waals surface area contributed by atoms with Gasteiger partial charge < -0.3 is 0 Å². The predicted molar refractivity (Wildman–Crippen MR) is 67.9 cm³/mol. The lowest BCUT2D eigenvalue weighted by Gasteiger charge is -2.31. The second-order valence-corrected chi connectivity index (χ2v) is 5.20. The minimum absolute atomic E-state index is 0.0274. The van der Waals surface area contributed by atoms with Crippen LogP contribution in [0.25, 0.3) is 0 Å². The molecule has 0 aromatic carbocycles. The molecular weight excluding hydrogens is 239 g/mol. The Bertz CT molecular complexity index is 236. The average molecular weight is 263 g/mol. The van der Waals surface area contributed by atoms with E-state index in [0.717, 1.165) is 38.5 Å². The van der Waals surface area contributed by atoms with E-state index in [4.69, 9.17) is 4.89 Å². The van der Waals surface area contributed by atoms with Gasteiger partial charge in [0.15, 0.2) is 12.4 Å². The lowest BCUT2D eigenvalue weighted by molar-refractivity contribution is -0.132. The van der Waals surface area contributed by atoms with Crippen molar-refractivity contribution in [3.63, 3.8) is 0 Å². The normalized spacial score (nSPS) is 12.6. The Kier molecular flexibility index (Phi) is 8.57. The van der Waals surface area contributed by atoms with E-state index in [1.165, 1.54) is 0 Å². The number of carbonyl (C=O) groups excluding carboxylic acids is 1. The van der Waals surface area contributed by atoms with Crippen LogP contribution >= 0.6 is 8.25 Å². The highest BCUT2D eigenvalue weighted by molar-refractivity contribution is 7.32. The van der Waals surface area contributed by atoms with Gasteiger partial charge in [0.25, 0.3) is 0 Å². The molecule has 0 rings (SSSR count). The first-order chi connectivity index (χ1) is 8.02. The van der Waals surface area contributed by atoms with Crippen molar-refractivity contribution in [3.05, 3.63) is 0 Å². The maximum atomic E-state index is 12.2. The molecule has 0 fully saturated rings. The zero-order chi connectivity index (χ0) is 13.3. The Labute approximate surface area is 105 Å². The van der Waals surface area contributed by atoms with Crippen LogP contribution in [0.3, 0.4) is 0 Å². The summed E-state index contributed by atoms with van der Waals surface area (Å²) in [6, 6.07) is 0. The van der Waals surface area contributed by atoms with E-state index >= 15 is 0 Å². The maximum Gasteiger partial charge on any atom is 0.695 e. The second-order valence-electron chi connectivity index (χ2n) is 4.46. The Morgan fingerprint density at radius 3 is 1.82 bits per heavy atom. The number of hydrogen-bond donors (Lipinski definition) is 1. The van der Waals surface area contributed by atoms with Crippen molar-refractivity contribution in [3.8, 4) is 0 Å². The lowest BCUT2D eigenvalue weighted by Crippen LogP contribution is -2.33. The van der Waals surface area contributed by atoms with E-state index in [-0.39, 0.29) is 17.8 Å². The van der Waals surface area contributed by atoms with Crippen molar-refractivity contribution in [1.29, 1.82) is 0 Å². The molecular formula is C12H24O4P+. The van der Waals surface area contributed by atoms with Crippen LogP contribution in [0, 0.1) is 5.41 Å². The fourth-order valence-corrected chi connectivity index (χ4v) is 2.72. The van der Waals surface area contributed by atoms with E-state index < -0.39 is 8.25 Å². The van der Waals surface area contributed by atoms with Gasteiger partial charge in [-0.25, -0.2) is 0 Å². The minimum Gasteiger partial charge on any atom is -0.296 e. The Hall–Kier alpha value is -0.310. The van der Waals surface area contributed by atoms with Crippen molar-refractivity contribution in [2.24, 2.45) is 5.41 Å². The van der Waals surface area contributed by atoms with Crippen molar-refractivity contribution in [2.45, 2.75) is 59.3 Å². The summed E-state index contributed by atoms with van der Waals surface area (Å²) in [5, 5.41) is 0. The Morgan fingerprint density at radius 1 is 1.12 bits per heavy atom. The van der Waals surface area contributed by atoms with Gasteiger partial charge in [-0.05, 0) is 19.3 Å². The zero-order valence-electron chi connectivity index (χ0n) is 11.1. The molecule has 5 heteroatoms. The van der Waals surface area contributed by atoms with Crippen LogP contribution in [-0.4, -0.2) is 17.3 Å². The standard InChI is InChI=1S/C12H23O4P/c1-4-7-12(8-5-2,9-6-3)11(13)10-16-17(14)15/h4-10H2,1-3H3/p+1. The van der Waals surface area contributed by atoms with Crippen LogP contribution < -0.4 is 0 Å². The molecule has 0 bridgehead atoms. The van der Waals surface area contributed by atoms with Crippen LogP contribution in [0.4, 0.5) is 0 Å². The molecule has 0 aliphatic carbocycles. The molecule has 0 heterocycles. The highest BCUT2D eigenvalue weighted by Crippen LogP contribution is 2.36. The summed E-state index contributed by atoms with van der Waals surface area (Å²) in [7, 11) is -2.68. The summed E-state index contributed by atoms with van der Waals surface area (Å²) in [5.74, 6) is -0.0274. The van der Waals surface area contributed by atoms with Crippen molar-refractivity contribution < 1.29 is 18.8 Å². The second kappa shape index (κ2) is 8.73. The third kappa shape index (κ3) is 5.71. The largest absolute Gasteiger partial charge is 0.695 e. The molecule has 0 aliphatic rings. The van der Waals surface area contributed by atoms with Crippen LogP contribution in [0.1, 0.15) is 59.3 Å². The third-order valence-corrected chi connectivity index (χ3v) is 3.43. The van der Waals surface area contributed by atoms with E-state index in [0.29, 0.717) is 0 Å². The Morgan fingerprint density at radius 2 is 1.53 bits per heavy atom. The molecule has 0 spiro atoms. The molecule has 100 valence electrons. The first-order valence-electron chi connectivity index (χ1n) is 6.34. The smallest absolute Gasteiger partial charge is 0.296 e. The molecule has 0 aliphatic heterocycles. The molecule has 1 unspecified atom stereocenters. The van der Waals surface area contributed by atoms with Gasteiger partial charge in [0.2, 0.25) is 0 Å². The van der Waals surface area contributed by atoms with E-state index in [2.05, 4.69) is 25.3 Å². The zero-order valence-corrected chi connectivity index (χ0v) is 12.0. The van der Waals surface area contributed by atoms with Gasteiger partial charge >= 0.3 is 8.25 Å². The van der Waals surface area contributed by atoms with Crippen molar-refractivity contribution >= 4 is 14.0 Å². The van der Waals surface area contributed by atoms with Crippen LogP contribution in [-0.2, 0) is 13.9 Å². The summed E-state index contributed by atoms with van der Waals surface area (Å²) in [6.45, 7) is 5.92. The van der Waals surface area contributed by atoms with E-state index in [1.807, 2.05) is 0 Å². The minimum atomic E-state index is -2.68. The van der Waals surface area contributed by atoms with Crippen LogP contribution in [0.15, 0.2) is 0 Å². The van der Waals surface area contributed by atoms with Crippen molar-refractivity contribution in [1.82, 2.24) is 0 Å². The number of rotatable bonds is 10. The highest BCUT2D eigenvalue weighted by Gasteiger charge is 2.36. The highest BCUT2D eigenvalue weighted by atomic mass is 31.1. The lowest BCUT2D eigenvalue weighted by atomic mass is 9.72. The van der Waals surface area contributed by atoms with Gasteiger partial charge in [-0.3, -0.25) is 4.79 Å². The number of Topliss-reactive ketones (excluding diaryl/α,β-unsaturated/α-hetero) is 1. The van der Waals surface area contributed by atoms with Gasteiger partial charge in [-0.15, -0.1) is 9.42 Å². The number of carbonyl (C=O) groups is 1. The fraction of sp³-hybridized carbons (Fsp3) is 0.917. The van der Waals surface area contributed by atoms with Crippen LogP contribution in [0.2, 0.25) is 0 Å². The molecule has 0 radical (unpaired) electrons. The maximum absolute atomic E-state index is 12.2. The topological polar surface area (TPSA) is 63.6 Å². The van der Waals surface area contributed by atoms with Gasteiger partial charge in [-0.1, -0.05) is 40.0 Å². The van der Waals surface area contributed by atoms with Crippen molar-refractivity contribution in [2.75, 3.05) is 6.61 Å². The first-order valence-corrected chi connectivity index (χ1v) is 7.47. The molecule has 0 saturated heterocycles. The quantitative estimate of drug-likeness (QED) is 0.611. The SMILES string of the molecule is CCCC(CCC)(CCC)C(=O)CO[P+](=O)O. The van der Waals surface area contributed by atoms with Gasteiger partial charge in [-0.2, -0.15) is 0 Å². The average Bonchev–Trinajstić information content (AvgIpc) is 2.26. The van der Waals surface area contributed by atoms with Gasteiger partial charge in [0.1, 0.15) is 0 Å². The monoisotopic (exact) mass is 263 g/mol. The Balaban J connectivity index is 4.71. The molecule has 0 saturated carbocycles.